The Morgan fingerprint density at radius 3 is 2.68 bits per heavy atom. The van der Waals surface area contributed by atoms with Crippen LogP contribution in [0, 0.1) is 11.8 Å². The van der Waals surface area contributed by atoms with Gasteiger partial charge in [-0.25, -0.2) is 0 Å². The lowest BCUT2D eigenvalue weighted by molar-refractivity contribution is -0.122. The molecule has 0 aliphatic carbocycles. The molecule has 2 amide bonds. The molecule has 0 aromatic heterocycles. The van der Waals surface area contributed by atoms with E-state index in [-0.39, 0.29) is 6.61 Å². The summed E-state index contributed by atoms with van der Waals surface area (Å²) in [6.45, 7) is 2.82. The first-order valence-electron chi connectivity index (χ1n) is 5.69. The van der Waals surface area contributed by atoms with Crippen LogP contribution in [0.3, 0.4) is 0 Å². The van der Waals surface area contributed by atoms with Gasteiger partial charge in [0.1, 0.15) is 12.1 Å². The number of nitrogens with two attached hydrogens (primary N) is 1. The molecule has 0 saturated carbocycles. The van der Waals surface area contributed by atoms with Gasteiger partial charge in [0.05, 0.1) is 0 Å². The Balaban J connectivity index is 2.92. The third kappa shape index (κ3) is 4.12. The van der Waals surface area contributed by atoms with Crippen molar-refractivity contribution < 1.29 is 14.7 Å². The molecule has 0 radical (unpaired) electrons. The van der Waals surface area contributed by atoms with Crippen LogP contribution in [0.15, 0.2) is 24.3 Å². The molecular weight excluding hydrogens is 244 g/mol. The second kappa shape index (κ2) is 6.03. The van der Waals surface area contributed by atoms with E-state index in [4.69, 9.17) is 10.8 Å². The Labute approximate surface area is 111 Å². The van der Waals surface area contributed by atoms with Crippen LogP contribution >= 0.6 is 0 Å². The molecule has 0 fully saturated rings. The van der Waals surface area contributed by atoms with Crippen molar-refractivity contribution in [2.75, 3.05) is 6.61 Å². The van der Waals surface area contributed by atoms with E-state index in [9.17, 15) is 9.59 Å². The van der Waals surface area contributed by atoms with Gasteiger partial charge in [-0.15, -0.1) is 0 Å². The van der Waals surface area contributed by atoms with Crippen LogP contribution < -0.4 is 11.1 Å². The van der Waals surface area contributed by atoms with Gasteiger partial charge in [-0.3, -0.25) is 9.59 Å². The van der Waals surface area contributed by atoms with E-state index in [1.165, 1.54) is 13.8 Å². The summed E-state index contributed by atoms with van der Waals surface area (Å²) >= 11 is 0. The van der Waals surface area contributed by atoms with Crippen molar-refractivity contribution >= 4 is 11.8 Å². The standard InChI is InChI=1S/C14H16N2O3/c1-14(2,13(15)19)16-12(18)11-7-3-5-10(9-11)6-4-8-17/h3,5,7,9,17H,8H2,1-2H3,(H2,15,19)(H,16,18). The summed E-state index contributed by atoms with van der Waals surface area (Å²) in [5, 5.41) is 11.2. The van der Waals surface area contributed by atoms with Crippen LogP contribution in [0.25, 0.3) is 0 Å². The van der Waals surface area contributed by atoms with Gasteiger partial charge in [0.2, 0.25) is 5.91 Å². The highest BCUT2D eigenvalue weighted by Crippen LogP contribution is 2.07. The van der Waals surface area contributed by atoms with E-state index in [1.54, 1.807) is 24.3 Å². The lowest BCUT2D eigenvalue weighted by Gasteiger charge is -2.22. The molecule has 1 rings (SSSR count). The van der Waals surface area contributed by atoms with E-state index < -0.39 is 17.4 Å². The monoisotopic (exact) mass is 260 g/mol. The summed E-state index contributed by atoms with van der Waals surface area (Å²) in [5.74, 6) is 4.18. The van der Waals surface area contributed by atoms with Crippen LogP contribution in [0.1, 0.15) is 29.8 Å². The molecule has 0 spiro atoms. The van der Waals surface area contributed by atoms with E-state index in [1.807, 2.05) is 0 Å². The zero-order valence-corrected chi connectivity index (χ0v) is 10.9. The third-order valence-electron chi connectivity index (χ3n) is 2.48. The second-order valence-corrected chi connectivity index (χ2v) is 4.48. The highest BCUT2D eigenvalue weighted by atomic mass is 16.2. The first-order chi connectivity index (χ1) is 8.86. The van der Waals surface area contributed by atoms with Gasteiger partial charge >= 0.3 is 0 Å². The number of rotatable bonds is 3. The fraction of sp³-hybridized carbons (Fsp3) is 0.286. The predicted molar refractivity (Wildman–Crippen MR) is 71.1 cm³/mol. The summed E-state index contributed by atoms with van der Waals surface area (Å²) in [6.07, 6.45) is 0. The molecule has 0 heterocycles. The van der Waals surface area contributed by atoms with Gasteiger partial charge in [0, 0.05) is 11.1 Å². The Morgan fingerprint density at radius 1 is 1.42 bits per heavy atom. The molecular formula is C14H16N2O3. The Kier molecular flexibility index (Phi) is 4.67. The number of amides is 2. The van der Waals surface area contributed by atoms with Gasteiger partial charge in [0.15, 0.2) is 0 Å². The number of aliphatic hydroxyl groups excluding tert-OH is 1. The van der Waals surface area contributed by atoms with Crippen molar-refractivity contribution in [3.8, 4) is 11.8 Å². The minimum atomic E-state index is -1.12. The zero-order valence-electron chi connectivity index (χ0n) is 10.9. The number of carbonyl (C=O) groups is 2. The number of aliphatic hydroxyl groups is 1. The largest absolute Gasteiger partial charge is 0.384 e. The van der Waals surface area contributed by atoms with Crippen LogP contribution in [0.5, 0.6) is 0 Å². The molecule has 5 heteroatoms. The number of nitrogens with one attached hydrogen (secondary N) is 1. The SMILES string of the molecule is CC(C)(NC(=O)c1cccc(C#CCO)c1)C(N)=O. The van der Waals surface area contributed by atoms with Crippen LogP contribution in [-0.4, -0.2) is 29.1 Å². The molecule has 5 nitrogen and oxygen atoms in total. The van der Waals surface area contributed by atoms with Crippen molar-refractivity contribution in [1.82, 2.24) is 5.32 Å². The number of hydrogen-bond acceptors (Lipinski definition) is 3. The zero-order chi connectivity index (χ0) is 14.5. The lowest BCUT2D eigenvalue weighted by atomic mass is 10.0. The summed E-state index contributed by atoms with van der Waals surface area (Å²) in [6, 6.07) is 6.58. The molecule has 100 valence electrons. The maximum atomic E-state index is 12.0. The van der Waals surface area contributed by atoms with E-state index in [0.717, 1.165) is 0 Å². The van der Waals surface area contributed by atoms with E-state index in [2.05, 4.69) is 17.2 Å². The van der Waals surface area contributed by atoms with Gasteiger partial charge in [-0.05, 0) is 32.0 Å². The Hall–Kier alpha value is -2.32. The third-order valence-corrected chi connectivity index (χ3v) is 2.48. The minimum Gasteiger partial charge on any atom is -0.384 e. The Morgan fingerprint density at radius 2 is 2.11 bits per heavy atom. The summed E-state index contributed by atoms with van der Waals surface area (Å²) < 4.78 is 0. The summed E-state index contributed by atoms with van der Waals surface area (Å²) in [7, 11) is 0. The highest BCUT2D eigenvalue weighted by Gasteiger charge is 2.27. The number of benzene rings is 1. The van der Waals surface area contributed by atoms with Crippen LogP contribution in [0.4, 0.5) is 0 Å². The first kappa shape index (κ1) is 14.7. The van der Waals surface area contributed by atoms with Gasteiger partial charge in [0.25, 0.3) is 5.91 Å². The van der Waals surface area contributed by atoms with E-state index >= 15 is 0 Å². The van der Waals surface area contributed by atoms with Gasteiger partial charge in [-0.1, -0.05) is 17.9 Å². The first-order valence-corrected chi connectivity index (χ1v) is 5.69. The molecule has 19 heavy (non-hydrogen) atoms. The van der Waals surface area contributed by atoms with Crippen molar-refractivity contribution in [3.05, 3.63) is 35.4 Å². The maximum absolute atomic E-state index is 12.0. The topological polar surface area (TPSA) is 92.4 Å². The number of carbonyl (C=O) groups excluding carboxylic acids is 2. The molecule has 1 aromatic carbocycles. The number of primary amides is 1. The smallest absolute Gasteiger partial charge is 0.252 e. The van der Waals surface area contributed by atoms with Crippen LogP contribution in [0.2, 0.25) is 0 Å². The predicted octanol–water partition coefficient (Wildman–Crippen LogP) is 0.0241. The fourth-order valence-corrected chi connectivity index (χ4v) is 1.30. The molecule has 0 bridgehead atoms. The molecule has 0 saturated heterocycles. The highest BCUT2D eigenvalue weighted by molar-refractivity contribution is 5.98. The average molecular weight is 260 g/mol. The van der Waals surface area contributed by atoms with E-state index in [0.29, 0.717) is 11.1 Å². The molecule has 1 aromatic rings. The molecule has 0 aliphatic heterocycles. The molecule has 0 unspecified atom stereocenters. The Bertz CT molecular complexity index is 553. The van der Waals surface area contributed by atoms with Crippen molar-refractivity contribution in [1.29, 1.82) is 0 Å². The molecule has 0 aliphatic rings. The summed E-state index contributed by atoms with van der Waals surface area (Å²) in [5.41, 5.74) is 5.05. The van der Waals surface area contributed by atoms with Crippen molar-refractivity contribution in [3.63, 3.8) is 0 Å². The van der Waals surface area contributed by atoms with Crippen LogP contribution in [-0.2, 0) is 4.79 Å². The van der Waals surface area contributed by atoms with Gasteiger partial charge in [-0.2, -0.15) is 0 Å². The normalized spacial score (nSPS) is 10.3. The van der Waals surface area contributed by atoms with Crippen molar-refractivity contribution in [2.45, 2.75) is 19.4 Å². The number of hydrogen-bond donors (Lipinski definition) is 3. The van der Waals surface area contributed by atoms with Gasteiger partial charge < -0.3 is 16.2 Å². The molecule has 0 atom stereocenters. The summed E-state index contributed by atoms with van der Waals surface area (Å²) in [4.78, 5) is 23.1. The average Bonchev–Trinajstić information content (AvgIpc) is 2.36. The molecule has 4 N–H and O–H groups in total. The second-order valence-electron chi connectivity index (χ2n) is 4.48. The minimum absolute atomic E-state index is 0.245. The quantitative estimate of drug-likeness (QED) is 0.669. The lowest BCUT2D eigenvalue weighted by Crippen LogP contribution is -2.53. The fourth-order valence-electron chi connectivity index (χ4n) is 1.30. The maximum Gasteiger partial charge on any atom is 0.252 e. The van der Waals surface area contributed by atoms with Crippen molar-refractivity contribution in [2.24, 2.45) is 5.73 Å².